The maximum absolute atomic E-state index is 12.2. The van der Waals surface area contributed by atoms with Gasteiger partial charge in [-0.25, -0.2) is 0 Å². The fourth-order valence-electron chi connectivity index (χ4n) is 2.99. The molecule has 1 aliphatic carbocycles. The van der Waals surface area contributed by atoms with Crippen LogP contribution >= 0.6 is 0 Å². The van der Waals surface area contributed by atoms with Gasteiger partial charge in [0, 0.05) is 5.56 Å². The molecule has 0 saturated heterocycles. The number of amides is 2. The van der Waals surface area contributed by atoms with Crippen molar-refractivity contribution in [1.29, 1.82) is 5.26 Å². The van der Waals surface area contributed by atoms with E-state index in [0.717, 1.165) is 23.6 Å². The third-order valence-electron chi connectivity index (χ3n) is 4.79. The van der Waals surface area contributed by atoms with Crippen molar-refractivity contribution in [2.45, 2.75) is 25.3 Å². The zero-order valence-electron chi connectivity index (χ0n) is 15.5. The molecule has 0 radical (unpaired) electrons. The van der Waals surface area contributed by atoms with Crippen LogP contribution in [0.3, 0.4) is 0 Å². The molecule has 1 fully saturated rings. The molecule has 0 aromatic heterocycles. The molecule has 0 aliphatic heterocycles. The van der Waals surface area contributed by atoms with Crippen molar-refractivity contribution in [1.82, 2.24) is 10.6 Å². The van der Waals surface area contributed by atoms with Crippen LogP contribution in [0.2, 0.25) is 0 Å². The number of hydrogen-bond donors (Lipinski definition) is 2. The molecule has 1 saturated carbocycles. The van der Waals surface area contributed by atoms with E-state index in [1.165, 1.54) is 0 Å². The summed E-state index contributed by atoms with van der Waals surface area (Å²) in [7, 11) is 0. The van der Waals surface area contributed by atoms with E-state index in [4.69, 9.17) is 4.74 Å². The third kappa shape index (κ3) is 4.65. The third-order valence-corrected chi connectivity index (χ3v) is 4.79. The molecule has 1 aliphatic rings. The van der Waals surface area contributed by atoms with Crippen molar-refractivity contribution >= 4 is 28.6 Å². The van der Waals surface area contributed by atoms with Crippen LogP contribution in [0.5, 0.6) is 0 Å². The number of nitrogens with one attached hydrogen (secondary N) is 2. The number of nitrogens with zero attached hydrogens (tertiary/aromatic N) is 1. The maximum Gasteiger partial charge on any atom is 0.325 e. The van der Waals surface area contributed by atoms with Gasteiger partial charge in [-0.3, -0.25) is 14.4 Å². The van der Waals surface area contributed by atoms with Crippen LogP contribution in [0.1, 0.15) is 30.1 Å². The van der Waals surface area contributed by atoms with Gasteiger partial charge in [0.05, 0.1) is 6.07 Å². The topological polar surface area (TPSA) is 108 Å². The zero-order valence-corrected chi connectivity index (χ0v) is 15.5. The maximum atomic E-state index is 12.2. The summed E-state index contributed by atoms with van der Waals surface area (Å²) in [4.78, 5) is 35.9. The van der Waals surface area contributed by atoms with Crippen LogP contribution in [-0.2, 0) is 14.3 Å². The Morgan fingerprint density at radius 3 is 2.57 bits per heavy atom. The van der Waals surface area contributed by atoms with Crippen molar-refractivity contribution in [2.24, 2.45) is 5.92 Å². The molecule has 0 heterocycles. The number of ether oxygens (including phenoxy) is 1. The van der Waals surface area contributed by atoms with Crippen molar-refractivity contribution < 1.29 is 19.1 Å². The lowest BCUT2D eigenvalue weighted by Crippen LogP contribution is -2.48. The standard InChI is InChI=1S/C21H21N3O4/c1-21(13-22,17-8-9-17)24-18(25)12-28-19(26)11-23-20(27)16-7-6-14-4-2-3-5-15(14)10-16/h2-7,10,17H,8-9,11-12H2,1H3,(H,23,27)(H,24,25)/t21-/m1/s1. The number of rotatable bonds is 7. The lowest BCUT2D eigenvalue weighted by atomic mass is 9.98. The molecular formula is C21H21N3O4. The fraction of sp³-hybridized carbons (Fsp3) is 0.333. The van der Waals surface area contributed by atoms with E-state index < -0.39 is 29.9 Å². The van der Waals surface area contributed by atoms with Crippen LogP contribution in [-0.4, -0.2) is 36.5 Å². The van der Waals surface area contributed by atoms with Gasteiger partial charge >= 0.3 is 5.97 Å². The van der Waals surface area contributed by atoms with E-state index in [2.05, 4.69) is 16.7 Å². The lowest BCUT2D eigenvalue weighted by molar-refractivity contribution is -0.147. The number of carbonyl (C=O) groups excluding carboxylic acids is 3. The summed E-state index contributed by atoms with van der Waals surface area (Å²) >= 11 is 0. The Kier molecular flexibility index (Phi) is 5.59. The van der Waals surface area contributed by atoms with Crippen LogP contribution in [0.4, 0.5) is 0 Å². The largest absolute Gasteiger partial charge is 0.454 e. The van der Waals surface area contributed by atoms with Gasteiger partial charge in [0.15, 0.2) is 6.61 Å². The normalized spacial score (nSPS) is 15.1. The van der Waals surface area contributed by atoms with E-state index in [0.29, 0.717) is 5.56 Å². The average molecular weight is 379 g/mol. The molecule has 1 atom stereocenters. The Morgan fingerprint density at radius 2 is 1.89 bits per heavy atom. The molecule has 0 bridgehead atoms. The number of esters is 1. The number of fused-ring (bicyclic) bond motifs is 1. The van der Waals surface area contributed by atoms with Gasteiger partial charge < -0.3 is 15.4 Å². The highest BCUT2D eigenvalue weighted by Gasteiger charge is 2.43. The highest BCUT2D eigenvalue weighted by Crippen LogP contribution is 2.39. The smallest absolute Gasteiger partial charge is 0.325 e. The number of benzene rings is 2. The van der Waals surface area contributed by atoms with Gasteiger partial charge in [-0.1, -0.05) is 30.3 Å². The van der Waals surface area contributed by atoms with Gasteiger partial charge in [0.1, 0.15) is 12.1 Å². The first-order valence-corrected chi connectivity index (χ1v) is 9.06. The summed E-state index contributed by atoms with van der Waals surface area (Å²) in [6.45, 7) is 0.819. The molecule has 7 nitrogen and oxygen atoms in total. The summed E-state index contributed by atoms with van der Waals surface area (Å²) in [5, 5.41) is 16.2. The summed E-state index contributed by atoms with van der Waals surface area (Å²) < 4.78 is 4.88. The minimum Gasteiger partial charge on any atom is -0.454 e. The Hall–Kier alpha value is -3.40. The van der Waals surface area contributed by atoms with Crippen LogP contribution < -0.4 is 10.6 Å². The van der Waals surface area contributed by atoms with E-state index in [-0.39, 0.29) is 12.5 Å². The molecule has 2 amide bonds. The predicted molar refractivity (Wildman–Crippen MR) is 102 cm³/mol. The summed E-state index contributed by atoms with van der Waals surface area (Å²) in [5.41, 5.74) is -0.508. The van der Waals surface area contributed by atoms with E-state index >= 15 is 0 Å². The van der Waals surface area contributed by atoms with Gasteiger partial charge in [0.2, 0.25) is 0 Å². The van der Waals surface area contributed by atoms with Crippen LogP contribution in [0.15, 0.2) is 42.5 Å². The first-order valence-electron chi connectivity index (χ1n) is 9.06. The molecule has 2 aromatic carbocycles. The van der Waals surface area contributed by atoms with Gasteiger partial charge in [0.25, 0.3) is 11.8 Å². The summed E-state index contributed by atoms with van der Waals surface area (Å²) in [6, 6.07) is 15.0. The predicted octanol–water partition coefficient (Wildman–Crippen LogP) is 1.92. The Labute approximate surface area is 162 Å². The van der Waals surface area contributed by atoms with Crippen molar-refractivity contribution in [3.63, 3.8) is 0 Å². The molecule has 3 rings (SSSR count). The highest BCUT2D eigenvalue weighted by atomic mass is 16.5. The van der Waals surface area contributed by atoms with Crippen LogP contribution in [0.25, 0.3) is 10.8 Å². The summed E-state index contributed by atoms with van der Waals surface area (Å²) in [5.74, 6) is -1.53. The first kappa shape index (κ1) is 19.4. The van der Waals surface area contributed by atoms with Gasteiger partial charge in [-0.15, -0.1) is 0 Å². The molecule has 0 spiro atoms. The molecule has 0 unspecified atom stereocenters. The zero-order chi connectivity index (χ0) is 20.1. The van der Waals surface area contributed by atoms with E-state index in [1.54, 1.807) is 19.1 Å². The summed E-state index contributed by atoms with van der Waals surface area (Å²) in [6.07, 6.45) is 1.79. The van der Waals surface area contributed by atoms with Gasteiger partial charge in [-0.05, 0) is 48.6 Å². The fourth-order valence-corrected chi connectivity index (χ4v) is 2.99. The van der Waals surface area contributed by atoms with E-state index in [1.807, 2.05) is 30.3 Å². The highest BCUT2D eigenvalue weighted by molar-refractivity contribution is 5.99. The Morgan fingerprint density at radius 1 is 1.18 bits per heavy atom. The van der Waals surface area contributed by atoms with Crippen molar-refractivity contribution in [3.8, 4) is 6.07 Å². The molecule has 2 aromatic rings. The average Bonchev–Trinajstić information content (AvgIpc) is 3.56. The minimum atomic E-state index is -0.937. The van der Waals surface area contributed by atoms with E-state index in [9.17, 15) is 19.6 Å². The number of hydrogen-bond acceptors (Lipinski definition) is 5. The second-order valence-electron chi connectivity index (χ2n) is 7.04. The molecule has 2 N–H and O–H groups in total. The number of carbonyl (C=O) groups is 3. The first-order chi connectivity index (χ1) is 13.4. The van der Waals surface area contributed by atoms with Gasteiger partial charge in [-0.2, -0.15) is 5.26 Å². The Balaban J connectivity index is 1.45. The quantitative estimate of drug-likeness (QED) is 0.715. The molecule has 144 valence electrons. The van der Waals surface area contributed by atoms with Crippen molar-refractivity contribution in [3.05, 3.63) is 48.0 Å². The molecule has 7 heteroatoms. The second-order valence-corrected chi connectivity index (χ2v) is 7.04. The SMILES string of the molecule is C[C@](C#N)(NC(=O)COC(=O)CNC(=O)c1ccc2ccccc2c1)C1CC1. The minimum absolute atomic E-state index is 0.137. The van der Waals surface area contributed by atoms with Crippen LogP contribution in [0, 0.1) is 17.2 Å². The van der Waals surface area contributed by atoms with Crippen molar-refractivity contribution in [2.75, 3.05) is 13.2 Å². The monoisotopic (exact) mass is 379 g/mol. The second kappa shape index (κ2) is 8.09. The molecular weight excluding hydrogens is 358 g/mol. The molecule has 28 heavy (non-hydrogen) atoms. The lowest BCUT2D eigenvalue weighted by Gasteiger charge is -2.22. The Bertz CT molecular complexity index is 962. The number of nitriles is 1.